The minimum atomic E-state index is -3.07. The standard InChI is InChI=1S/C77H108N4O40S/c1-22-47(23-48-57(122-21)24-49(99-17)63(101-19)62(48)100-18)61(96)32(2)78-27-52-60(81-35(5)84)68(64(111-43(13)92)56(115-52)31-106-76(74(97)102-20)25-50(107-39(9)88)58(79-33(3)82)69(119-76)65(112-44(14)93)53(109-41(11)90)28-103-36(6)85)117-73-72(114-46(16)95)71-67(55(116-73)30-105-38(8)87)118-75(98)77(121-71)26-51(108-40(10)89)59(80-34(4)83)70(120-77)66(113-45(15)94)54(110-42(12)91)29-104-37(7)86/h24,32,47,50-56,58-60,64-73,78H,22-23,25-31H2,1-21H3,(H,79,82)(H,80,83)(H,81,84)/t32-,47?,50-,51-,52?,53-,54-,55?,56?,58?,59?,60-,64+,65-,66-,67+,68-,69?,70?,71+,72+,73?,76-,77+/m1/s1. The van der Waals surface area contributed by atoms with Gasteiger partial charge in [0.15, 0.2) is 66.3 Å². The molecule has 5 fully saturated rings. The average molecular weight is 1760 g/mol. The summed E-state index contributed by atoms with van der Waals surface area (Å²) in [4.78, 5) is 232. The molecule has 6 rings (SSSR count). The molecule has 9 unspecified atom stereocenters. The summed E-state index contributed by atoms with van der Waals surface area (Å²) >= 11 is 1.34. The number of nitrogens with one attached hydrogen (secondary N) is 4. The van der Waals surface area contributed by atoms with E-state index in [1.165, 1.54) is 40.0 Å². The van der Waals surface area contributed by atoms with Crippen molar-refractivity contribution in [1.82, 2.24) is 21.3 Å². The van der Waals surface area contributed by atoms with E-state index in [-0.39, 0.29) is 24.3 Å². The molecule has 0 aromatic heterocycles. The zero-order chi connectivity index (χ0) is 91.3. The van der Waals surface area contributed by atoms with E-state index in [2.05, 4.69) is 21.3 Å². The Hall–Kier alpha value is -10.2. The van der Waals surface area contributed by atoms with Gasteiger partial charge in [0.25, 0.3) is 11.6 Å². The van der Waals surface area contributed by atoms with Gasteiger partial charge in [-0.2, -0.15) is 0 Å². The highest BCUT2D eigenvalue weighted by Crippen LogP contribution is 2.48. The molecule has 682 valence electrons. The molecule has 24 atom stereocenters. The summed E-state index contributed by atoms with van der Waals surface area (Å²) in [5, 5.41) is 11.0. The van der Waals surface area contributed by atoms with Crippen molar-refractivity contribution in [2.24, 2.45) is 5.92 Å². The highest BCUT2D eigenvalue weighted by molar-refractivity contribution is 7.98. The first kappa shape index (κ1) is 101. The number of thioether (sulfide) groups is 1. The Balaban J connectivity index is 1.65. The molecule has 0 saturated carbocycles. The molecule has 5 saturated heterocycles. The number of amides is 3. The van der Waals surface area contributed by atoms with Crippen LogP contribution in [0.5, 0.6) is 17.2 Å². The maximum Gasteiger partial charge on any atom is 0.367 e. The second-order valence-corrected chi connectivity index (χ2v) is 29.7. The number of rotatable bonds is 39. The highest BCUT2D eigenvalue weighted by atomic mass is 32.2. The number of carbonyl (C=O) groups excluding carboxylic acids is 17. The van der Waals surface area contributed by atoms with Gasteiger partial charge in [-0.15, -0.1) is 11.8 Å². The Labute approximate surface area is 705 Å². The molecule has 0 bridgehead atoms. The molecule has 1 spiro atoms. The molecule has 3 amide bonds. The van der Waals surface area contributed by atoms with Crippen LogP contribution in [0.4, 0.5) is 0 Å². The first-order valence-electron chi connectivity index (χ1n) is 38.5. The molecule has 0 radical (unpaired) electrons. The number of hydrogen-bond donors (Lipinski definition) is 4. The Morgan fingerprint density at radius 3 is 1.46 bits per heavy atom. The second kappa shape index (κ2) is 45.3. The Morgan fingerprint density at radius 2 is 1.01 bits per heavy atom. The smallest absolute Gasteiger partial charge is 0.367 e. The van der Waals surface area contributed by atoms with Crippen molar-refractivity contribution < 1.29 is 190 Å². The van der Waals surface area contributed by atoms with Gasteiger partial charge in [-0.3, -0.25) is 71.9 Å². The lowest BCUT2D eigenvalue weighted by Gasteiger charge is -2.55. The van der Waals surface area contributed by atoms with E-state index < -0.39 is 293 Å². The maximum absolute atomic E-state index is 15.3. The first-order chi connectivity index (χ1) is 57.3. The lowest BCUT2D eigenvalue weighted by atomic mass is 9.86. The Morgan fingerprint density at radius 1 is 0.516 bits per heavy atom. The molecule has 5 aliphatic heterocycles. The minimum Gasteiger partial charge on any atom is -0.493 e. The summed E-state index contributed by atoms with van der Waals surface area (Å²) in [5.41, 5.74) is 0.583. The van der Waals surface area contributed by atoms with Crippen molar-refractivity contribution in [3.05, 3.63) is 11.6 Å². The van der Waals surface area contributed by atoms with Crippen LogP contribution in [0.15, 0.2) is 11.0 Å². The zero-order valence-electron chi connectivity index (χ0n) is 71.4. The molecule has 1 aromatic rings. The molecular weight excluding hydrogens is 1650 g/mol. The Kier molecular flexibility index (Phi) is 37.4. The third-order valence-electron chi connectivity index (χ3n) is 19.5. The van der Waals surface area contributed by atoms with Crippen molar-refractivity contribution in [1.29, 1.82) is 0 Å². The fraction of sp³-hybridized carbons (Fsp3) is 0.701. The van der Waals surface area contributed by atoms with E-state index in [1.54, 1.807) is 19.2 Å². The normalized spacial score (nSPS) is 28.0. The van der Waals surface area contributed by atoms with Gasteiger partial charge in [-0.05, 0) is 32.1 Å². The van der Waals surface area contributed by atoms with E-state index in [1.807, 2.05) is 0 Å². The van der Waals surface area contributed by atoms with E-state index >= 15 is 14.4 Å². The fourth-order valence-corrected chi connectivity index (χ4v) is 15.5. The van der Waals surface area contributed by atoms with Crippen molar-refractivity contribution in [2.75, 3.05) is 67.7 Å². The third-order valence-corrected chi connectivity index (χ3v) is 20.3. The lowest BCUT2D eigenvalue weighted by Crippen LogP contribution is -2.75. The van der Waals surface area contributed by atoms with Crippen LogP contribution in [-0.2, 0) is 183 Å². The number of methoxy groups -OCH3 is 4. The van der Waals surface area contributed by atoms with Crippen LogP contribution in [0, 0.1) is 5.92 Å². The van der Waals surface area contributed by atoms with Crippen molar-refractivity contribution in [3.8, 4) is 17.2 Å². The maximum atomic E-state index is 15.3. The first-order valence-corrected chi connectivity index (χ1v) is 39.7. The van der Waals surface area contributed by atoms with E-state index in [0.717, 1.165) is 104 Å². The number of carbonyl (C=O) groups is 17. The molecule has 122 heavy (non-hydrogen) atoms. The van der Waals surface area contributed by atoms with Gasteiger partial charge in [0.05, 0.1) is 78.2 Å². The molecule has 0 aliphatic carbocycles. The van der Waals surface area contributed by atoms with Gasteiger partial charge in [-0.1, -0.05) is 6.92 Å². The monoisotopic (exact) mass is 1760 g/mol. The van der Waals surface area contributed by atoms with Gasteiger partial charge in [-0.25, -0.2) is 9.59 Å². The Bertz CT molecular complexity index is 3990. The molecule has 4 N–H and O–H groups in total. The molecule has 5 heterocycles. The number of fused-ring (bicyclic) bond motifs is 1. The van der Waals surface area contributed by atoms with Crippen LogP contribution in [0.2, 0.25) is 0 Å². The molecule has 44 nitrogen and oxygen atoms in total. The predicted molar refractivity (Wildman–Crippen MR) is 404 cm³/mol. The molecule has 5 aliphatic rings. The predicted octanol–water partition coefficient (Wildman–Crippen LogP) is -0.445. The van der Waals surface area contributed by atoms with Gasteiger partial charge in [0.1, 0.15) is 68.7 Å². The van der Waals surface area contributed by atoms with Crippen LogP contribution in [0.1, 0.15) is 136 Å². The van der Waals surface area contributed by atoms with E-state index in [0.29, 0.717) is 16.2 Å². The number of benzene rings is 1. The van der Waals surface area contributed by atoms with Gasteiger partial charge >= 0.3 is 77.6 Å². The van der Waals surface area contributed by atoms with Crippen molar-refractivity contribution in [2.45, 2.75) is 281 Å². The molecular formula is C77H108N4O40S. The summed E-state index contributed by atoms with van der Waals surface area (Å²) < 4.78 is 138. The summed E-state index contributed by atoms with van der Waals surface area (Å²) in [6, 6.07) is -4.69. The number of ether oxygens (including phenoxy) is 23. The number of hydrogen-bond acceptors (Lipinski definition) is 42. The SMILES string of the molecule is CCC(Cc1c(SC)cc(OC)c(OC)c1OC)C(=O)[C@@H](C)NCC1OC(CO[C@]2(C(=O)OC)C[C@@H](OC(C)=O)C(NC(C)=O)C([C@H](OC(C)=O)[C@@H](COC(C)=O)OC(C)=O)O2)[C@H](OC(C)=O)[C@H](OC2OC(COC(C)=O)[C@@H]3OC(=O)[C@]4(C[C@@H](OC(C)=O)C(NC(C)=O)C([C@H](OC(C)=O)[C@@H](COC(C)=O)OC(C)=O)O4)O[C@@H]3[C@@H]2OC(C)=O)[C@@H]1NC(C)=O. The summed E-state index contributed by atoms with van der Waals surface area (Å²) in [7, 11) is 5.13. The largest absolute Gasteiger partial charge is 0.493 e. The topological polar surface area (TPSA) is 551 Å². The summed E-state index contributed by atoms with van der Waals surface area (Å²) in [6.07, 6.45) is -34.0. The average Bonchev–Trinajstić information content (AvgIpc) is 0.725. The third kappa shape index (κ3) is 26.7. The number of esters is 13. The molecule has 45 heteroatoms. The van der Waals surface area contributed by atoms with Gasteiger partial charge in [0, 0.05) is 120 Å². The highest BCUT2D eigenvalue weighted by Gasteiger charge is 2.68. The van der Waals surface area contributed by atoms with E-state index in [4.69, 9.17) is 109 Å². The quantitative estimate of drug-likeness (QED) is 0.0368. The van der Waals surface area contributed by atoms with Gasteiger partial charge < -0.3 is 130 Å². The van der Waals surface area contributed by atoms with Crippen molar-refractivity contribution >= 4 is 113 Å². The van der Waals surface area contributed by atoms with Crippen LogP contribution in [0.3, 0.4) is 0 Å². The van der Waals surface area contributed by atoms with E-state index in [9.17, 15) is 67.1 Å². The van der Waals surface area contributed by atoms with Crippen molar-refractivity contribution in [3.63, 3.8) is 0 Å². The fourth-order valence-electron chi connectivity index (χ4n) is 14.9. The zero-order valence-corrected chi connectivity index (χ0v) is 72.2. The van der Waals surface area contributed by atoms with Crippen LogP contribution < -0.4 is 35.5 Å². The van der Waals surface area contributed by atoms with Crippen LogP contribution in [0.25, 0.3) is 0 Å². The van der Waals surface area contributed by atoms with Crippen LogP contribution in [-0.4, -0.2) is 308 Å². The number of Topliss-reactive ketones (excluding diaryl/α,β-unsaturated/α-hetero) is 1. The summed E-state index contributed by atoms with van der Waals surface area (Å²) in [6.45, 7) is 12.2. The van der Waals surface area contributed by atoms with Crippen LogP contribution >= 0.6 is 11.8 Å². The molecule has 1 aromatic carbocycles. The lowest BCUT2D eigenvalue weighted by molar-refractivity contribution is -0.401. The summed E-state index contributed by atoms with van der Waals surface area (Å²) in [5.74, 6) is -24.0. The number of ketones is 1. The second-order valence-electron chi connectivity index (χ2n) is 28.8. The van der Waals surface area contributed by atoms with Gasteiger partial charge in [0.2, 0.25) is 23.5 Å². The minimum absolute atomic E-state index is 0.0666.